The van der Waals surface area contributed by atoms with Crippen LogP contribution < -0.4 is 5.32 Å². The second kappa shape index (κ2) is 3.93. The molecule has 0 saturated heterocycles. The van der Waals surface area contributed by atoms with Crippen molar-refractivity contribution in [3.63, 3.8) is 0 Å². The number of nitrogens with one attached hydrogen (secondary N) is 1. The third kappa shape index (κ3) is 1.94. The maximum atomic E-state index is 10.5. The van der Waals surface area contributed by atoms with Crippen LogP contribution in [0.5, 0.6) is 0 Å². The second-order valence-corrected chi connectivity index (χ2v) is 6.04. The van der Waals surface area contributed by atoms with Gasteiger partial charge in [-0.25, -0.2) is 0 Å². The van der Waals surface area contributed by atoms with Crippen molar-refractivity contribution in [1.82, 2.24) is 4.98 Å². The van der Waals surface area contributed by atoms with Gasteiger partial charge in [-0.15, -0.1) is 0 Å². The van der Waals surface area contributed by atoms with E-state index in [4.69, 9.17) is 0 Å². The van der Waals surface area contributed by atoms with Gasteiger partial charge >= 0.3 is 5.82 Å². The van der Waals surface area contributed by atoms with Crippen LogP contribution in [0.1, 0.15) is 27.7 Å². The molecule has 0 atom stereocenters. The fourth-order valence-corrected chi connectivity index (χ4v) is 2.66. The zero-order valence-electron chi connectivity index (χ0n) is 11.2. The number of aromatic nitrogens is 1. The largest absolute Gasteiger partial charge is 0.382 e. The molecule has 0 unspecified atom stereocenters. The molecule has 1 heterocycles. The minimum absolute atomic E-state index is 0.118. The van der Waals surface area contributed by atoms with Crippen LogP contribution in [-0.2, 0) is 0 Å². The third-order valence-electron chi connectivity index (χ3n) is 4.76. The molecule has 5 heteroatoms. The first-order valence-electron chi connectivity index (χ1n) is 6.11. The number of nitrogens with zero attached hydrogens (tertiary/aromatic N) is 2. The molecule has 0 bridgehead atoms. The van der Waals surface area contributed by atoms with Crippen molar-refractivity contribution in [2.75, 3.05) is 11.9 Å². The molecule has 0 amide bonds. The highest BCUT2D eigenvalue weighted by Crippen LogP contribution is 2.68. The summed E-state index contributed by atoms with van der Waals surface area (Å²) in [6.07, 6.45) is 1.51. The van der Waals surface area contributed by atoms with E-state index in [0.29, 0.717) is 16.7 Å². The first-order chi connectivity index (χ1) is 8.26. The van der Waals surface area contributed by atoms with Gasteiger partial charge < -0.3 is 15.4 Å². The monoisotopic (exact) mass is 249 g/mol. The molecule has 1 saturated carbocycles. The summed E-state index contributed by atoms with van der Waals surface area (Å²) < 4.78 is 0. The predicted molar refractivity (Wildman–Crippen MR) is 70.4 cm³/mol. The van der Waals surface area contributed by atoms with Gasteiger partial charge in [-0.2, -0.15) is 0 Å². The summed E-state index contributed by atoms with van der Waals surface area (Å²) in [5.41, 5.74) is 1.52. The van der Waals surface area contributed by atoms with Gasteiger partial charge in [0.25, 0.3) is 0 Å². The van der Waals surface area contributed by atoms with Crippen molar-refractivity contribution < 1.29 is 4.92 Å². The van der Waals surface area contributed by atoms with Gasteiger partial charge in [0.05, 0.1) is 5.69 Å². The normalized spacial score (nSPS) is 20.4. The van der Waals surface area contributed by atoms with Crippen LogP contribution in [0.3, 0.4) is 0 Å². The lowest BCUT2D eigenvalue weighted by molar-refractivity contribution is -0.389. The first kappa shape index (κ1) is 12.8. The van der Waals surface area contributed by atoms with Gasteiger partial charge in [-0.3, -0.25) is 0 Å². The van der Waals surface area contributed by atoms with Crippen molar-refractivity contribution in [3.05, 3.63) is 28.4 Å². The Labute approximate surface area is 107 Å². The van der Waals surface area contributed by atoms with Gasteiger partial charge in [0.15, 0.2) is 6.20 Å². The molecule has 1 aliphatic carbocycles. The average molecular weight is 249 g/mol. The third-order valence-corrected chi connectivity index (χ3v) is 4.76. The maximum absolute atomic E-state index is 10.5. The van der Waals surface area contributed by atoms with E-state index in [0.717, 1.165) is 12.2 Å². The van der Waals surface area contributed by atoms with Crippen molar-refractivity contribution in [1.29, 1.82) is 0 Å². The van der Waals surface area contributed by atoms with Crippen LogP contribution in [-0.4, -0.2) is 16.5 Å². The number of anilines is 1. The van der Waals surface area contributed by atoms with E-state index in [1.54, 1.807) is 6.07 Å². The predicted octanol–water partition coefficient (Wildman–Crippen LogP) is 3.08. The van der Waals surface area contributed by atoms with Gasteiger partial charge in [0, 0.05) is 12.6 Å². The Kier molecular flexibility index (Phi) is 2.80. The Morgan fingerprint density at radius 2 is 1.94 bits per heavy atom. The van der Waals surface area contributed by atoms with E-state index >= 15 is 0 Å². The van der Waals surface area contributed by atoms with Crippen LogP contribution in [0.2, 0.25) is 0 Å². The van der Waals surface area contributed by atoms with Crippen molar-refractivity contribution in [2.45, 2.75) is 27.7 Å². The Balaban J connectivity index is 1.94. The topological polar surface area (TPSA) is 68.1 Å². The molecule has 98 valence electrons. The van der Waals surface area contributed by atoms with E-state index in [1.165, 1.54) is 12.3 Å². The molecule has 18 heavy (non-hydrogen) atoms. The summed E-state index contributed by atoms with van der Waals surface area (Å²) in [6.45, 7) is 9.96. The van der Waals surface area contributed by atoms with Gasteiger partial charge in [-0.1, -0.05) is 27.7 Å². The second-order valence-electron chi connectivity index (χ2n) is 6.04. The SMILES string of the molecule is CC1(C)C(CNc2ccc([N+](=O)[O-])nc2)C1(C)C. The van der Waals surface area contributed by atoms with Crippen molar-refractivity contribution >= 4 is 11.5 Å². The molecule has 0 radical (unpaired) electrons. The van der Waals surface area contributed by atoms with Gasteiger partial charge in [0.2, 0.25) is 0 Å². The zero-order valence-corrected chi connectivity index (χ0v) is 11.2. The molecule has 1 aromatic heterocycles. The number of pyridine rings is 1. The number of nitro groups is 1. The summed E-state index contributed by atoms with van der Waals surface area (Å²) in [4.78, 5) is 13.8. The minimum atomic E-state index is -0.489. The van der Waals surface area contributed by atoms with E-state index in [1.807, 2.05) is 0 Å². The van der Waals surface area contributed by atoms with Gasteiger partial charge in [-0.05, 0) is 32.7 Å². The molecule has 2 rings (SSSR count). The molecule has 0 aliphatic heterocycles. The van der Waals surface area contributed by atoms with Crippen LogP contribution in [0.4, 0.5) is 11.5 Å². The van der Waals surface area contributed by atoms with E-state index in [2.05, 4.69) is 38.0 Å². The molecule has 1 aromatic rings. The standard InChI is InChI=1S/C13H19N3O2/c1-12(2)10(13(12,3)4)8-14-9-5-6-11(15-7-9)16(17)18/h5-7,10,14H,8H2,1-4H3. The maximum Gasteiger partial charge on any atom is 0.363 e. The lowest BCUT2D eigenvalue weighted by atomic mass is 10.0. The highest BCUT2D eigenvalue weighted by molar-refractivity contribution is 5.44. The smallest absolute Gasteiger partial charge is 0.363 e. The molecule has 0 aromatic carbocycles. The molecule has 1 fully saturated rings. The Hall–Kier alpha value is -1.65. The summed E-state index contributed by atoms with van der Waals surface area (Å²) in [6, 6.07) is 3.12. The van der Waals surface area contributed by atoms with E-state index < -0.39 is 4.92 Å². The molecular formula is C13H19N3O2. The summed E-state index contributed by atoms with van der Waals surface area (Å²) in [7, 11) is 0. The number of hydrogen-bond acceptors (Lipinski definition) is 4. The lowest BCUT2D eigenvalue weighted by Crippen LogP contribution is -2.08. The fraction of sp³-hybridized carbons (Fsp3) is 0.615. The number of rotatable bonds is 4. The van der Waals surface area contributed by atoms with Crippen molar-refractivity contribution in [3.8, 4) is 0 Å². The van der Waals surface area contributed by atoms with Gasteiger partial charge in [0.1, 0.15) is 0 Å². The summed E-state index contributed by atoms with van der Waals surface area (Å²) >= 11 is 0. The molecule has 5 nitrogen and oxygen atoms in total. The lowest BCUT2D eigenvalue weighted by Gasteiger charge is -2.05. The Morgan fingerprint density at radius 3 is 2.33 bits per heavy atom. The molecule has 1 aliphatic rings. The van der Waals surface area contributed by atoms with E-state index in [-0.39, 0.29) is 5.82 Å². The molecule has 1 N–H and O–H groups in total. The van der Waals surface area contributed by atoms with E-state index in [9.17, 15) is 10.1 Å². The Bertz CT molecular complexity index is 452. The van der Waals surface area contributed by atoms with Crippen LogP contribution in [0.15, 0.2) is 18.3 Å². The summed E-state index contributed by atoms with van der Waals surface area (Å²) in [5.74, 6) is 0.493. The number of hydrogen-bond donors (Lipinski definition) is 1. The summed E-state index contributed by atoms with van der Waals surface area (Å²) in [5, 5.41) is 13.8. The first-order valence-corrected chi connectivity index (χ1v) is 6.11. The van der Waals surface area contributed by atoms with Crippen LogP contribution >= 0.6 is 0 Å². The minimum Gasteiger partial charge on any atom is -0.382 e. The average Bonchev–Trinajstić information content (AvgIpc) is 2.67. The van der Waals surface area contributed by atoms with Crippen LogP contribution in [0.25, 0.3) is 0 Å². The highest BCUT2D eigenvalue weighted by atomic mass is 16.6. The van der Waals surface area contributed by atoms with Crippen LogP contribution in [0, 0.1) is 26.9 Å². The fourth-order valence-electron chi connectivity index (χ4n) is 2.66. The zero-order chi connectivity index (χ0) is 13.6. The Morgan fingerprint density at radius 1 is 1.33 bits per heavy atom. The molecule has 0 spiro atoms. The molecular weight excluding hydrogens is 230 g/mol. The van der Waals surface area contributed by atoms with Crippen molar-refractivity contribution in [2.24, 2.45) is 16.7 Å². The highest BCUT2D eigenvalue weighted by Gasteiger charge is 2.63. The quantitative estimate of drug-likeness (QED) is 0.657.